The lowest BCUT2D eigenvalue weighted by Gasteiger charge is -1.99. The van der Waals surface area contributed by atoms with Gasteiger partial charge >= 0.3 is 0 Å². The van der Waals surface area contributed by atoms with E-state index < -0.39 is 0 Å². The fourth-order valence-corrected chi connectivity index (χ4v) is 1.80. The first kappa shape index (κ1) is 9.90. The van der Waals surface area contributed by atoms with Crippen LogP contribution in [-0.4, -0.2) is 9.97 Å². The first-order valence-electron chi connectivity index (χ1n) is 5.49. The molecule has 0 saturated carbocycles. The molecule has 1 aromatic carbocycles. The van der Waals surface area contributed by atoms with Crippen molar-refractivity contribution < 1.29 is 4.42 Å². The van der Waals surface area contributed by atoms with E-state index in [1.54, 1.807) is 6.26 Å². The molecule has 0 amide bonds. The van der Waals surface area contributed by atoms with Gasteiger partial charge < -0.3 is 9.40 Å². The molecule has 84 valence electrons. The molecule has 0 atom stereocenters. The van der Waals surface area contributed by atoms with Gasteiger partial charge in [0.1, 0.15) is 11.6 Å². The van der Waals surface area contributed by atoms with E-state index in [0.29, 0.717) is 0 Å². The van der Waals surface area contributed by atoms with Crippen LogP contribution in [0.2, 0.25) is 0 Å². The van der Waals surface area contributed by atoms with E-state index in [9.17, 15) is 0 Å². The van der Waals surface area contributed by atoms with Gasteiger partial charge in [0.25, 0.3) is 0 Å². The van der Waals surface area contributed by atoms with Gasteiger partial charge in [-0.05, 0) is 19.1 Å². The Morgan fingerprint density at radius 3 is 2.41 bits per heavy atom. The molecule has 17 heavy (non-hydrogen) atoms. The first-order chi connectivity index (χ1) is 8.33. The van der Waals surface area contributed by atoms with Gasteiger partial charge in [0.2, 0.25) is 0 Å². The molecule has 0 saturated heterocycles. The average Bonchev–Trinajstić information content (AvgIpc) is 3.00. The number of aryl methyl sites for hydroxylation is 1. The molecule has 0 aliphatic heterocycles. The van der Waals surface area contributed by atoms with Gasteiger partial charge in [0.05, 0.1) is 12.0 Å². The number of nitrogens with one attached hydrogen (secondary N) is 1. The minimum atomic E-state index is 0.882. The summed E-state index contributed by atoms with van der Waals surface area (Å²) >= 11 is 0. The SMILES string of the molecule is Cc1c[nH]c(-c2ccc(-c3ccco3)cc2)n1. The zero-order chi connectivity index (χ0) is 11.7. The quantitative estimate of drug-likeness (QED) is 0.722. The number of rotatable bonds is 2. The van der Waals surface area contributed by atoms with Gasteiger partial charge in [0.15, 0.2) is 0 Å². The van der Waals surface area contributed by atoms with E-state index in [1.165, 1.54) is 0 Å². The van der Waals surface area contributed by atoms with Gasteiger partial charge in [0, 0.05) is 17.3 Å². The summed E-state index contributed by atoms with van der Waals surface area (Å²) in [6.07, 6.45) is 3.58. The maximum Gasteiger partial charge on any atom is 0.137 e. The summed E-state index contributed by atoms with van der Waals surface area (Å²) in [5.74, 6) is 1.78. The molecule has 0 fully saturated rings. The minimum absolute atomic E-state index is 0.882. The first-order valence-corrected chi connectivity index (χ1v) is 5.49. The van der Waals surface area contributed by atoms with Crippen molar-refractivity contribution in [2.45, 2.75) is 6.92 Å². The molecule has 3 aromatic rings. The molecule has 3 heteroatoms. The fraction of sp³-hybridized carbons (Fsp3) is 0.0714. The molecule has 2 heterocycles. The highest BCUT2D eigenvalue weighted by molar-refractivity contribution is 5.64. The van der Waals surface area contributed by atoms with Crippen LogP contribution in [0.25, 0.3) is 22.7 Å². The van der Waals surface area contributed by atoms with Crippen LogP contribution >= 0.6 is 0 Å². The normalized spacial score (nSPS) is 10.6. The molecule has 0 radical (unpaired) electrons. The molecule has 0 aliphatic carbocycles. The van der Waals surface area contributed by atoms with Crippen LogP contribution in [0.3, 0.4) is 0 Å². The number of aromatic nitrogens is 2. The largest absolute Gasteiger partial charge is 0.464 e. The summed E-state index contributed by atoms with van der Waals surface area (Å²) < 4.78 is 5.35. The molecular weight excluding hydrogens is 212 g/mol. The third-order valence-corrected chi connectivity index (χ3v) is 2.67. The van der Waals surface area contributed by atoms with E-state index in [4.69, 9.17) is 4.42 Å². The van der Waals surface area contributed by atoms with Crippen LogP contribution in [-0.2, 0) is 0 Å². The number of hydrogen-bond acceptors (Lipinski definition) is 2. The van der Waals surface area contributed by atoms with Crippen LogP contribution in [0.1, 0.15) is 5.69 Å². The molecule has 3 rings (SSSR count). The molecule has 3 nitrogen and oxygen atoms in total. The smallest absolute Gasteiger partial charge is 0.137 e. The maximum absolute atomic E-state index is 5.35. The second-order valence-electron chi connectivity index (χ2n) is 3.95. The zero-order valence-corrected chi connectivity index (χ0v) is 9.47. The van der Waals surface area contributed by atoms with E-state index in [2.05, 4.69) is 9.97 Å². The average molecular weight is 224 g/mol. The van der Waals surface area contributed by atoms with Crippen LogP contribution in [0, 0.1) is 6.92 Å². The van der Waals surface area contributed by atoms with E-state index >= 15 is 0 Å². The third-order valence-electron chi connectivity index (χ3n) is 2.67. The topological polar surface area (TPSA) is 41.8 Å². The predicted octanol–water partition coefficient (Wildman–Crippen LogP) is 3.65. The van der Waals surface area contributed by atoms with Gasteiger partial charge in [-0.1, -0.05) is 24.3 Å². The number of furan rings is 1. The van der Waals surface area contributed by atoms with Crippen molar-refractivity contribution in [1.29, 1.82) is 0 Å². The van der Waals surface area contributed by atoms with E-state index in [1.807, 2.05) is 49.5 Å². The molecule has 0 bridgehead atoms. The van der Waals surface area contributed by atoms with Crippen LogP contribution in [0.15, 0.2) is 53.3 Å². The monoisotopic (exact) mass is 224 g/mol. The Bertz CT molecular complexity index is 606. The van der Waals surface area contributed by atoms with Crippen LogP contribution < -0.4 is 0 Å². The summed E-state index contributed by atoms with van der Waals surface area (Å²) in [4.78, 5) is 7.54. The fourth-order valence-electron chi connectivity index (χ4n) is 1.80. The molecule has 0 aliphatic rings. The van der Waals surface area contributed by atoms with Gasteiger partial charge in [-0.15, -0.1) is 0 Å². The van der Waals surface area contributed by atoms with Gasteiger partial charge in [-0.25, -0.2) is 4.98 Å². The minimum Gasteiger partial charge on any atom is -0.464 e. The molecular formula is C14H12N2O. The van der Waals surface area contributed by atoms with Gasteiger partial charge in [-0.3, -0.25) is 0 Å². The zero-order valence-electron chi connectivity index (χ0n) is 9.47. The highest BCUT2D eigenvalue weighted by Crippen LogP contribution is 2.23. The second-order valence-corrected chi connectivity index (χ2v) is 3.95. The van der Waals surface area contributed by atoms with Crippen molar-refractivity contribution in [3.63, 3.8) is 0 Å². The van der Waals surface area contributed by atoms with Crippen LogP contribution in [0.5, 0.6) is 0 Å². The number of imidazole rings is 1. The molecule has 1 N–H and O–H groups in total. The standard InChI is InChI=1S/C14H12N2O/c1-10-9-15-14(16-10)12-6-4-11(5-7-12)13-3-2-8-17-13/h2-9H,1H3,(H,15,16). The molecule has 2 aromatic heterocycles. The lowest BCUT2D eigenvalue weighted by Crippen LogP contribution is -1.81. The van der Waals surface area contributed by atoms with Crippen molar-refractivity contribution in [2.24, 2.45) is 0 Å². The number of nitrogens with zero attached hydrogens (tertiary/aromatic N) is 1. The number of hydrogen-bond donors (Lipinski definition) is 1. The Morgan fingerprint density at radius 1 is 1.06 bits per heavy atom. The van der Waals surface area contributed by atoms with Crippen molar-refractivity contribution in [3.05, 3.63) is 54.6 Å². The highest BCUT2D eigenvalue weighted by Gasteiger charge is 2.03. The summed E-state index contributed by atoms with van der Waals surface area (Å²) in [5, 5.41) is 0. The Balaban J connectivity index is 1.95. The lowest BCUT2D eigenvalue weighted by atomic mass is 10.1. The second kappa shape index (κ2) is 3.94. The maximum atomic E-state index is 5.35. The number of H-pyrrole nitrogens is 1. The molecule has 0 unspecified atom stereocenters. The molecule has 0 spiro atoms. The van der Waals surface area contributed by atoms with Crippen molar-refractivity contribution in [3.8, 4) is 22.7 Å². The van der Waals surface area contributed by atoms with Crippen LogP contribution in [0.4, 0.5) is 0 Å². The summed E-state index contributed by atoms with van der Waals surface area (Å²) in [7, 11) is 0. The highest BCUT2D eigenvalue weighted by atomic mass is 16.3. The summed E-state index contributed by atoms with van der Waals surface area (Å²) in [6, 6.07) is 12.0. The van der Waals surface area contributed by atoms with Crippen molar-refractivity contribution in [1.82, 2.24) is 9.97 Å². The third kappa shape index (κ3) is 1.87. The van der Waals surface area contributed by atoms with Gasteiger partial charge in [-0.2, -0.15) is 0 Å². The van der Waals surface area contributed by atoms with Crippen molar-refractivity contribution in [2.75, 3.05) is 0 Å². The Labute approximate surface area is 99.1 Å². The number of aromatic amines is 1. The van der Waals surface area contributed by atoms with Crippen molar-refractivity contribution >= 4 is 0 Å². The number of benzene rings is 1. The Hall–Kier alpha value is -2.29. The lowest BCUT2D eigenvalue weighted by molar-refractivity contribution is 0.582. The Morgan fingerprint density at radius 2 is 1.82 bits per heavy atom. The van der Waals surface area contributed by atoms with E-state index in [0.717, 1.165) is 28.4 Å². The Kier molecular flexibility index (Phi) is 2.29. The predicted molar refractivity (Wildman–Crippen MR) is 66.5 cm³/mol. The summed E-state index contributed by atoms with van der Waals surface area (Å²) in [6.45, 7) is 1.97. The summed E-state index contributed by atoms with van der Waals surface area (Å²) in [5.41, 5.74) is 3.14. The van der Waals surface area contributed by atoms with E-state index in [-0.39, 0.29) is 0 Å².